The van der Waals surface area contributed by atoms with Gasteiger partial charge in [-0.05, 0) is 25.5 Å². The summed E-state index contributed by atoms with van der Waals surface area (Å²) in [5.74, 6) is 0.529. The Morgan fingerprint density at radius 1 is 1.37 bits per heavy atom. The second kappa shape index (κ2) is 5.75. The van der Waals surface area contributed by atoms with Crippen LogP contribution in [0.5, 0.6) is 0 Å². The van der Waals surface area contributed by atoms with Crippen LogP contribution in [0, 0.1) is 6.92 Å². The van der Waals surface area contributed by atoms with E-state index in [4.69, 9.17) is 11.6 Å². The molecule has 1 aromatic carbocycles. The van der Waals surface area contributed by atoms with Gasteiger partial charge in [0.2, 0.25) is 0 Å². The van der Waals surface area contributed by atoms with E-state index in [0.717, 1.165) is 17.7 Å². The van der Waals surface area contributed by atoms with Gasteiger partial charge in [0.05, 0.1) is 10.7 Å². The predicted octanol–water partition coefficient (Wildman–Crippen LogP) is 3.58. The fourth-order valence-electron chi connectivity index (χ4n) is 1.72. The van der Waals surface area contributed by atoms with Crippen molar-refractivity contribution < 1.29 is 4.79 Å². The molecule has 100 valence electrons. The standard InChI is InChI=1S/C13H15ClN4O/c1-3-10-8(2)12(18-17-10)16-13(19)15-11-7-5-4-6-9(11)14/h4-7H,3H2,1-2H3,(H3,15,16,17,18,19). The minimum atomic E-state index is -0.370. The molecule has 19 heavy (non-hydrogen) atoms. The van der Waals surface area contributed by atoms with E-state index >= 15 is 0 Å². The number of urea groups is 1. The molecule has 0 saturated carbocycles. The van der Waals surface area contributed by atoms with Crippen LogP contribution < -0.4 is 10.6 Å². The van der Waals surface area contributed by atoms with E-state index in [9.17, 15) is 4.79 Å². The van der Waals surface area contributed by atoms with Crippen LogP contribution in [0.25, 0.3) is 0 Å². The van der Waals surface area contributed by atoms with Crippen molar-refractivity contribution >= 4 is 29.1 Å². The molecule has 0 aliphatic rings. The highest BCUT2D eigenvalue weighted by atomic mass is 35.5. The first-order valence-electron chi connectivity index (χ1n) is 5.98. The molecular weight excluding hydrogens is 264 g/mol. The molecule has 0 bridgehead atoms. The van der Waals surface area contributed by atoms with Crippen LogP contribution in [0.2, 0.25) is 5.02 Å². The number of rotatable bonds is 3. The number of H-pyrrole nitrogens is 1. The monoisotopic (exact) mass is 278 g/mol. The molecule has 0 spiro atoms. The number of benzene rings is 1. The predicted molar refractivity (Wildman–Crippen MR) is 76.8 cm³/mol. The molecular formula is C13H15ClN4O. The third kappa shape index (κ3) is 3.06. The molecule has 0 saturated heterocycles. The van der Waals surface area contributed by atoms with Crippen LogP contribution in [0.15, 0.2) is 24.3 Å². The van der Waals surface area contributed by atoms with Crippen LogP contribution in [-0.4, -0.2) is 16.2 Å². The highest BCUT2D eigenvalue weighted by Crippen LogP contribution is 2.21. The summed E-state index contributed by atoms with van der Waals surface area (Å²) in [4.78, 5) is 11.8. The SMILES string of the molecule is CCc1[nH]nc(NC(=O)Nc2ccccc2Cl)c1C. The van der Waals surface area contributed by atoms with E-state index in [2.05, 4.69) is 20.8 Å². The lowest BCUT2D eigenvalue weighted by molar-refractivity contribution is 0.262. The molecule has 0 atom stereocenters. The van der Waals surface area contributed by atoms with E-state index in [1.165, 1.54) is 0 Å². The summed E-state index contributed by atoms with van der Waals surface area (Å²) < 4.78 is 0. The second-order valence-electron chi connectivity index (χ2n) is 4.09. The number of carbonyl (C=O) groups excluding carboxylic acids is 1. The van der Waals surface area contributed by atoms with E-state index in [-0.39, 0.29) is 6.03 Å². The van der Waals surface area contributed by atoms with E-state index in [0.29, 0.717) is 16.5 Å². The number of amides is 2. The molecule has 0 aliphatic carbocycles. The molecule has 0 fully saturated rings. The summed E-state index contributed by atoms with van der Waals surface area (Å²) in [5, 5.41) is 12.8. The molecule has 6 heteroatoms. The van der Waals surface area contributed by atoms with Gasteiger partial charge in [0.15, 0.2) is 5.82 Å². The number of carbonyl (C=O) groups is 1. The lowest BCUT2D eigenvalue weighted by Crippen LogP contribution is -2.20. The fourth-order valence-corrected chi connectivity index (χ4v) is 1.91. The second-order valence-corrected chi connectivity index (χ2v) is 4.50. The lowest BCUT2D eigenvalue weighted by atomic mass is 10.2. The number of hydrogen-bond acceptors (Lipinski definition) is 2. The first kappa shape index (κ1) is 13.4. The molecule has 2 rings (SSSR count). The van der Waals surface area contributed by atoms with Gasteiger partial charge in [0.1, 0.15) is 0 Å². The smallest absolute Gasteiger partial charge is 0.306 e. The molecule has 0 unspecified atom stereocenters. The van der Waals surface area contributed by atoms with Gasteiger partial charge in [-0.1, -0.05) is 30.7 Å². The number of para-hydroxylation sites is 1. The largest absolute Gasteiger partial charge is 0.324 e. The number of nitrogens with one attached hydrogen (secondary N) is 3. The number of aromatic amines is 1. The molecule has 0 radical (unpaired) electrons. The van der Waals surface area contributed by atoms with Crippen molar-refractivity contribution in [1.82, 2.24) is 10.2 Å². The number of hydrogen-bond donors (Lipinski definition) is 3. The minimum Gasteiger partial charge on any atom is -0.306 e. The molecule has 2 aromatic rings. The fraction of sp³-hybridized carbons (Fsp3) is 0.231. The van der Waals surface area contributed by atoms with Crippen molar-refractivity contribution in [3.05, 3.63) is 40.5 Å². The zero-order valence-electron chi connectivity index (χ0n) is 10.7. The van der Waals surface area contributed by atoms with Crippen molar-refractivity contribution in [2.45, 2.75) is 20.3 Å². The third-order valence-corrected chi connectivity index (χ3v) is 3.15. The Balaban J connectivity index is 2.06. The zero-order valence-corrected chi connectivity index (χ0v) is 11.5. The topological polar surface area (TPSA) is 69.8 Å². The van der Waals surface area contributed by atoms with Gasteiger partial charge in [-0.3, -0.25) is 10.4 Å². The van der Waals surface area contributed by atoms with E-state index in [1.54, 1.807) is 24.3 Å². The van der Waals surface area contributed by atoms with Crippen molar-refractivity contribution in [3.8, 4) is 0 Å². The Labute approximate surface area is 116 Å². The van der Waals surface area contributed by atoms with Crippen molar-refractivity contribution in [2.75, 3.05) is 10.6 Å². The van der Waals surface area contributed by atoms with Crippen LogP contribution in [0.3, 0.4) is 0 Å². The summed E-state index contributed by atoms with van der Waals surface area (Å²) in [6, 6.07) is 6.68. The van der Waals surface area contributed by atoms with Gasteiger partial charge >= 0.3 is 6.03 Å². The number of halogens is 1. The zero-order chi connectivity index (χ0) is 13.8. The highest BCUT2D eigenvalue weighted by molar-refractivity contribution is 6.33. The molecule has 3 N–H and O–H groups in total. The van der Waals surface area contributed by atoms with Crippen LogP contribution >= 0.6 is 11.6 Å². The average molecular weight is 279 g/mol. The van der Waals surface area contributed by atoms with Crippen molar-refractivity contribution in [2.24, 2.45) is 0 Å². The molecule has 2 amide bonds. The third-order valence-electron chi connectivity index (χ3n) is 2.82. The first-order valence-corrected chi connectivity index (χ1v) is 6.36. The summed E-state index contributed by atoms with van der Waals surface area (Å²) in [6.45, 7) is 3.93. The lowest BCUT2D eigenvalue weighted by Gasteiger charge is -2.07. The maximum Gasteiger partial charge on any atom is 0.324 e. The Morgan fingerprint density at radius 2 is 2.11 bits per heavy atom. The summed E-state index contributed by atoms with van der Waals surface area (Å²) >= 11 is 5.96. The van der Waals surface area contributed by atoms with E-state index in [1.807, 2.05) is 13.8 Å². The number of aromatic nitrogens is 2. The van der Waals surface area contributed by atoms with Gasteiger partial charge in [-0.25, -0.2) is 4.79 Å². The molecule has 1 aromatic heterocycles. The van der Waals surface area contributed by atoms with Crippen molar-refractivity contribution in [1.29, 1.82) is 0 Å². The van der Waals surface area contributed by atoms with Gasteiger partial charge in [-0.2, -0.15) is 5.10 Å². The van der Waals surface area contributed by atoms with Crippen LogP contribution in [-0.2, 0) is 6.42 Å². The van der Waals surface area contributed by atoms with Gasteiger partial charge in [0, 0.05) is 11.3 Å². The van der Waals surface area contributed by atoms with Crippen LogP contribution in [0.1, 0.15) is 18.2 Å². The Bertz CT molecular complexity index is 594. The Morgan fingerprint density at radius 3 is 2.74 bits per heavy atom. The molecule has 5 nitrogen and oxygen atoms in total. The van der Waals surface area contributed by atoms with E-state index < -0.39 is 0 Å². The Kier molecular flexibility index (Phi) is 4.06. The normalized spacial score (nSPS) is 10.3. The summed E-state index contributed by atoms with van der Waals surface area (Å²) in [6.07, 6.45) is 0.840. The number of aryl methyl sites for hydroxylation is 1. The maximum atomic E-state index is 11.8. The summed E-state index contributed by atoms with van der Waals surface area (Å²) in [5.41, 5.74) is 2.51. The van der Waals surface area contributed by atoms with Gasteiger partial charge < -0.3 is 5.32 Å². The van der Waals surface area contributed by atoms with Gasteiger partial charge in [0.25, 0.3) is 0 Å². The highest BCUT2D eigenvalue weighted by Gasteiger charge is 2.11. The average Bonchev–Trinajstić information content (AvgIpc) is 2.73. The minimum absolute atomic E-state index is 0.370. The number of anilines is 2. The van der Waals surface area contributed by atoms with Crippen LogP contribution in [0.4, 0.5) is 16.3 Å². The maximum absolute atomic E-state index is 11.8. The Hall–Kier alpha value is -2.01. The first-order chi connectivity index (χ1) is 9.11. The summed E-state index contributed by atoms with van der Waals surface area (Å²) in [7, 11) is 0. The van der Waals surface area contributed by atoms with Crippen molar-refractivity contribution in [3.63, 3.8) is 0 Å². The molecule has 1 heterocycles. The molecule has 0 aliphatic heterocycles. The van der Waals surface area contributed by atoms with Gasteiger partial charge in [-0.15, -0.1) is 0 Å². The quantitative estimate of drug-likeness (QED) is 0.803. The number of nitrogens with zero attached hydrogens (tertiary/aromatic N) is 1.